The van der Waals surface area contributed by atoms with Crippen molar-refractivity contribution in [3.63, 3.8) is 0 Å². The molecule has 3 rings (SSSR count). The molecule has 4 nitrogen and oxygen atoms in total. The number of hydrogen-bond donors (Lipinski definition) is 0. The van der Waals surface area contributed by atoms with Crippen LogP contribution in [0.25, 0.3) is 0 Å². The molecule has 1 amide bonds. The molecule has 1 heterocycles. The first kappa shape index (κ1) is 20.8. The number of amides is 1. The van der Waals surface area contributed by atoms with Crippen LogP contribution in [0.3, 0.4) is 0 Å². The number of carbonyl (C=O) groups is 1. The van der Waals surface area contributed by atoms with Crippen molar-refractivity contribution in [2.24, 2.45) is 0 Å². The lowest BCUT2D eigenvalue weighted by atomic mass is 9.73. The fourth-order valence-corrected chi connectivity index (χ4v) is 4.86. The van der Waals surface area contributed by atoms with Gasteiger partial charge in [0.05, 0.1) is 5.41 Å². The molecule has 0 aromatic heterocycles. The van der Waals surface area contributed by atoms with Crippen molar-refractivity contribution in [1.82, 2.24) is 9.80 Å². The normalized spacial score (nSPS) is 20.6. The number of likely N-dealkylation sites (N-methyl/N-ethyl adjacent to an activating group) is 2. The highest BCUT2D eigenvalue weighted by atomic mass is 79.9. The van der Waals surface area contributed by atoms with Gasteiger partial charge in [0.25, 0.3) is 0 Å². The van der Waals surface area contributed by atoms with Crippen LogP contribution >= 0.6 is 15.9 Å². The molecule has 0 atom stereocenters. The lowest BCUT2D eigenvalue weighted by molar-refractivity contribution is -0.140. The summed E-state index contributed by atoms with van der Waals surface area (Å²) in [5.74, 6) is 0.241. The van der Waals surface area contributed by atoms with Gasteiger partial charge in [0.15, 0.2) is 0 Å². The molecule has 1 saturated heterocycles. The zero-order valence-corrected chi connectivity index (χ0v) is 18.3. The molecule has 150 valence electrons. The van der Waals surface area contributed by atoms with Gasteiger partial charge >= 0.3 is 0 Å². The van der Waals surface area contributed by atoms with Gasteiger partial charge in [0.2, 0.25) is 5.91 Å². The van der Waals surface area contributed by atoms with E-state index in [1.54, 1.807) is 0 Å². The van der Waals surface area contributed by atoms with Crippen LogP contribution in [0, 0.1) is 0 Å². The molecule has 1 saturated carbocycles. The molecule has 0 spiro atoms. The van der Waals surface area contributed by atoms with Crippen molar-refractivity contribution in [2.75, 3.05) is 40.4 Å². The molecule has 0 N–H and O–H groups in total. The van der Waals surface area contributed by atoms with E-state index in [0.717, 1.165) is 36.0 Å². The van der Waals surface area contributed by atoms with E-state index in [1.165, 1.54) is 32.1 Å². The fraction of sp³-hybridized carbons (Fsp3) is 0.682. The van der Waals surface area contributed by atoms with Crippen molar-refractivity contribution in [2.45, 2.75) is 56.4 Å². The number of ether oxygens (including phenoxy) is 1. The number of nitrogens with zero attached hydrogens (tertiary/aromatic N) is 2. The van der Waals surface area contributed by atoms with E-state index in [-0.39, 0.29) is 5.91 Å². The maximum absolute atomic E-state index is 13.5. The molecule has 0 bridgehead atoms. The molecule has 1 aliphatic carbocycles. The standard InChI is InChI=1S/C22H33BrN2O2/c1-24(20-6-4-3-5-7-20)14-15-25(2)21(26)22(12-16-27-17-13-22)18-8-10-19(23)11-9-18/h8-11,20H,3-7,12-17H2,1-2H3. The number of halogens is 1. The largest absolute Gasteiger partial charge is 0.381 e. The second kappa shape index (κ2) is 9.53. The highest BCUT2D eigenvalue weighted by Crippen LogP contribution is 2.37. The lowest BCUT2D eigenvalue weighted by Gasteiger charge is -2.40. The first-order valence-electron chi connectivity index (χ1n) is 10.3. The Bertz CT molecular complexity index is 607. The molecule has 0 unspecified atom stereocenters. The van der Waals surface area contributed by atoms with Crippen LogP contribution in [0.4, 0.5) is 0 Å². The number of hydrogen-bond acceptors (Lipinski definition) is 3. The van der Waals surface area contributed by atoms with Gasteiger partial charge in [-0.05, 0) is 50.4 Å². The van der Waals surface area contributed by atoms with Crippen LogP contribution in [-0.2, 0) is 14.9 Å². The van der Waals surface area contributed by atoms with Gasteiger partial charge in [-0.25, -0.2) is 0 Å². The molecular weight excluding hydrogens is 404 g/mol. The lowest BCUT2D eigenvalue weighted by Crippen LogP contribution is -2.50. The first-order chi connectivity index (χ1) is 13.0. The van der Waals surface area contributed by atoms with E-state index in [2.05, 4.69) is 40.0 Å². The SMILES string of the molecule is CN(CCN(C)C1CCCCC1)C(=O)C1(c2ccc(Br)cc2)CCOCC1. The molecule has 27 heavy (non-hydrogen) atoms. The smallest absolute Gasteiger partial charge is 0.233 e. The van der Waals surface area contributed by atoms with E-state index in [0.29, 0.717) is 19.3 Å². The third-order valence-electron chi connectivity index (χ3n) is 6.49. The maximum Gasteiger partial charge on any atom is 0.233 e. The summed E-state index contributed by atoms with van der Waals surface area (Å²) in [5, 5.41) is 0. The predicted octanol–water partition coefficient (Wildman–Crippen LogP) is 4.22. The molecule has 1 aromatic rings. The quantitative estimate of drug-likeness (QED) is 0.668. The summed E-state index contributed by atoms with van der Waals surface area (Å²) >= 11 is 3.51. The second-order valence-corrected chi connectivity index (χ2v) is 9.12. The predicted molar refractivity (Wildman–Crippen MR) is 113 cm³/mol. The van der Waals surface area contributed by atoms with E-state index in [9.17, 15) is 4.79 Å². The number of benzene rings is 1. The summed E-state index contributed by atoms with van der Waals surface area (Å²) in [6.07, 6.45) is 8.18. The molecule has 1 aliphatic heterocycles. The van der Waals surface area contributed by atoms with E-state index in [1.807, 2.05) is 24.1 Å². The van der Waals surface area contributed by atoms with Gasteiger partial charge in [0.1, 0.15) is 0 Å². The minimum atomic E-state index is -0.447. The summed E-state index contributed by atoms with van der Waals surface area (Å²) in [4.78, 5) is 17.9. The average Bonchev–Trinajstić information content (AvgIpc) is 2.72. The van der Waals surface area contributed by atoms with Crippen LogP contribution in [0.5, 0.6) is 0 Å². The summed E-state index contributed by atoms with van der Waals surface area (Å²) in [6, 6.07) is 8.95. The molecule has 2 fully saturated rings. The van der Waals surface area contributed by atoms with Crippen molar-refractivity contribution in [3.8, 4) is 0 Å². The van der Waals surface area contributed by atoms with Gasteiger partial charge in [-0.1, -0.05) is 47.3 Å². The van der Waals surface area contributed by atoms with E-state index < -0.39 is 5.41 Å². The molecule has 1 aromatic carbocycles. The van der Waals surface area contributed by atoms with Gasteiger partial charge in [-0.15, -0.1) is 0 Å². The highest BCUT2D eigenvalue weighted by Gasteiger charge is 2.43. The monoisotopic (exact) mass is 436 g/mol. The Hall–Kier alpha value is -0.910. The van der Waals surface area contributed by atoms with Crippen molar-refractivity contribution in [3.05, 3.63) is 34.3 Å². The summed E-state index contributed by atoms with van der Waals surface area (Å²) < 4.78 is 6.63. The minimum Gasteiger partial charge on any atom is -0.381 e. The Kier molecular flexibility index (Phi) is 7.35. The molecule has 5 heteroatoms. The van der Waals surface area contributed by atoms with Crippen LogP contribution in [0.1, 0.15) is 50.5 Å². The van der Waals surface area contributed by atoms with Crippen LogP contribution < -0.4 is 0 Å². The average molecular weight is 437 g/mol. The molecule has 2 aliphatic rings. The Morgan fingerprint density at radius 3 is 2.33 bits per heavy atom. The number of carbonyl (C=O) groups excluding carboxylic acids is 1. The van der Waals surface area contributed by atoms with Gasteiger partial charge < -0.3 is 14.5 Å². The van der Waals surface area contributed by atoms with E-state index >= 15 is 0 Å². The second-order valence-electron chi connectivity index (χ2n) is 8.20. The molecular formula is C22H33BrN2O2. The zero-order chi connectivity index (χ0) is 19.3. The first-order valence-corrected chi connectivity index (χ1v) is 11.1. The van der Waals surface area contributed by atoms with Crippen LogP contribution in [0.2, 0.25) is 0 Å². The molecule has 0 radical (unpaired) electrons. The summed E-state index contributed by atoms with van der Waals surface area (Å²) in [6.45, 7) is 3.03. The zero-order valence-electron chi connectivity index (χ0n) is 16.8. The Morgan fingerprint density at radius 1 is 1.07 bits per heavy atom. The Balaban J connectivity index is 1.67. The van der Waals surface area contributed by atoms with Crippen LogP contribution in [-0.4, -0.2) is 62.1 Å². The third-order valence-corrected chi connectivity index (χ3v) is 7.01. The van der Waals surface area contributed by atoms with Gasteiger partial charge in [-0.2, -0.15) is 0 Å². The maximum atomic E-state index is 13.5. The van der Waals surface area contributed by atoms with E-state index in [4.69, 9.17) is 4.74 Å². The number of rotatable bonds is 6. The minimum absolute atomic E-state index is 0.241. The third kappa shape index (κ3) is 4.93. The summed E-state index contributed by atoms with van der Waals surface area (Å²) in [5.41, 5.74) is 0.670. The topological polar surface area (TPSA) is 32.8 Å². The highest BCUT2D eigenvalue weighted by molar-refractivity contribution is 9.10. The van der Waals surface area contributed by atoms with Crippen molar-refractivity contribution < 1.29 is 9.53 Å². The Labute approximate surface area is 172 Å². The van der Waals surface area contributed by atoms with Crippen molar-refractivity contribution in [1.29, 1.82) is 0 Å². The van der Waals surface area contributed by atoms with Gasteiger partial charge in [0, 0.05) is 43.9 Å². The van der Waals surface area contributed by atoms with Crippen LogP contribution in [0.15, 0.2) is 28.7 Å². The Morgan fingerprint density at radius 2 is 1.70 bits per heavy atom. The summed E-state index contributed by atoms with van der Waals surface area (Å²) in [7, 11) is 4.18. The fourth-order valence-electron chi connectivity index (χ4n) is 4.59. The van der Waals surface area contributed by atoms with Crippen molar-refractivity contribution >= 4 is 21.8 Å². The van der Waals surface area contributed by atoms with Gasteiger partial charge in [-0.3, -0.25) is 4.79 Å².